The number of benzene rings is 1. The van der Waals surface area contributed by atoms with Crippen LogP contribution in [0.4, 0.5) is 5.69 Å². The van der Waals surface area contributed by atoms with Gasteiger partial charge < -0.3 is 14.9 Å². The highest BCUT2D eigenvalue weighted by atomic mass is 16.4. The number of amides is 1. The highest BCUT2D eigenvalue weighted by Gasteiger charge is 2.52. The molecular weight excluding hydrogens is 328 g/mol. The molecule has 0 aromatic heterocycles. The summed E-state index contributed by atoms with van der Waals surface area (Å²) in [6.45, 7) is 7.18. The van der Waals surface area contributed by atoms with Crippen LogP contribution in [-0.2, 0) is 9.59 Å². The number of hydrogen-bond acceptors (Lipinski definition) is 3. The molecule has 5 heteroatoms. The average molecular weight is 354 g/mol. The minimum Gasteiger partial charge on any atom is -0.481 e. The van der Waals surface area contributed by atoms with Crippen LogP contribution in [0.25, 0.3) is 0 Å². The third kappa shape index (κ3) is 2.70. The lowest BCUT2D eigenvalue weighted by molar-refractivity contribution is -0.151. The van der Waals surface area contributed by atoms with Crippen LogP contribution in [0.3, 0.4) is 0 Å². The third-order valence-corrected chi connectivity index (χ3v) is 6.54. The number of fused-ring (bicyclic) bond motifs is 2. The van der Waals surface area contributed by atoms with Gasteiger partial charge in [0.1, 0.15) is 0 Å². The van der Waals surface area contributed by atoms with E-state index in [1.807, 2.05) is 11.0 Å². The molecule has 1 saturated carbocycles. The fourth-order valence-corrected chi connectivity index (χ4v) is 4.95. The van der Waals surface area contributed by atoms with Crippen LogP contribution in [0, 0.1) is 37.5 Å². The van der Waals surface area contributed by atoms with E-state index in [0.717, 1.165) is 19.5 Å². The van der Waals surface area contributed by atoms with Gasteiger partial charge in [-0.3, -0.25) is 9.59 Å². The predicted molar refractivity (Wildman–Crippen MR) is 100 cm³/mol. The van der Waals surface area contributed by atoms with Gasteiger partial charge in [-0.05, 0) is 49.3 Å². The summed E-state index contributed by atoms with van der Waals surface area (Å²) in [7, 11) is 0. The number of carbonyl (C=O) groups excluding carboxylic acids is 1. The van der Waals surface area contributed by atoms with Gasteiger partial charge in [0.25, 0.3) is 0 Å². The molecule has 138 valence electrons. The fraction of sp³-hybridized carbons (Fsp3) is 0.524. The normalized spacial score (nSPS) is 30.1. The van der Waals surface area contributed by atoms with Crippen LogP contribution in [0.5, 0.6) is 0 Å². The quantitative estimate of drug-likeness (QED) is 0.847. The number of aliphatic carboxylic acids is 1. The molecule has 2 bridgehead atoms. The number of rotatable bonds is 3. The molecule has 0 spiro atoms. The van der Waals surface area contributed by atoms with Crippen molar-refractivity contribution >= 4 is 17.6 Å². The zero-order chi connectivity index (χ0) is 18.4. The standard InChI is InChI=1S/C21H26N2O3/c1-13-4-3-5-17(14(13)2)22-8-10-23(11-9-22)20(24)18-15-6-7-16(12-15)19(18)21(25)26/h3-7,15-16,18-19H,8-12H2,1-2H3,(H,25,26)/t15-,16+,18+,19+/m1/s1. The molecule has 2 fully saturated rings. The minimum atomic E-state index is -0.825. The van der Waals surface area contributed by atoms with Crippen molar-refractivity contribution in [2.75, 3.05) is 31.1 Å². The van der Waals surface area contributed by atoms with Gasteiger partial charge in [0, 0.05) is 31.9 Å². The first kappa shape index (κ1) is 17.1. The molecular formula is C21H26N2O3. The van der Waals surface area contributed by atoms with Gasteiger partial charge in [0.2, 0.25) is 5.91 Å². The molecule has 26 heavy (non-hydrogen) atoms. The summed E-state index contributed by atoms with van der Waals surface area (Å²) in [5.74, 6) is -1.58. The summed E-state index contributed by atoms with van der Waals surface area (Å²) in [5, 5.41) is 9.59. The lowest BCUT2D eigenvalue weighted by Crippen LogP contribution is -2.52. The van der Waals surface area contributed by atoms with Crippen LogP contribution in [0.1, 0.15) is 17.5 Å². The molecule has 0 radical (unpaired) electrons. The molecule has 1 heterocycles. The van der Waals surface area contributed by atoms with E-state index in [2.05, 4.69) is 43.0 Å². The van der Waals surface area contributed by atoms with E-state index >= 15 is 0 Å². The van der Waals surface area contributed by atoms with Crippen molar-refractivity contribution in [2.45, 2.75) is 20.3 Å². The Bertz CT molecular complexity index is 765. The lowest BCUT2D eigenvalue weighted by Gasteiger charge is -2.39. The second-order valence-corrected chi connectivity index (χ2v) is 7.87. The maximum atomic E-state index is 13.1. The summed E-state index contributed by atoms with van der Waals surface area (Å²) >= 11 is 0. The summed E-state index contributed by atoms with van der Waals surface area (Å²) in [6.07, 6.45) is 4.86. The van der Waals surface area contributed by atoms with Gasteiger partial charge in [-0.1, -0.05) is 24.3 Å². The van der Waals surface area contributed by atoms with E-state index in [1.54, 1.807) is 0 Å². The summed E-state index contributed by atoms with van der Waals surface area (Å²) in [6, 6.07) is 6.34. The smallest absolute Gasteiger partial charge is 0.307 e. The first-order valence-electron chi connectivity index (χ1n) is 9.48. The number of carboxylic acids is 1. The van der Waals surface area contributed by atoms with Gasteiger partial charge in [0.05, 0.1) is 11.8 Å². The van der Waals surface area contributed by atoms with Gasteiger partial charge in [-0.15, -0.1) is 0 Å². The first-order valence-corrected chi connectivity index (χ1v) is 9.48. The fourth-order valence-electron chi connectivity index (χ4n) is 4.95. The summed E-state index contributed by atoms with van der Waals surface area (Å²) in [5.41, 5.74) is 3.80. The maximum Gasteiger partial charge on any atom is 0.307 e. The number of hydrogen-bond donors (Lipinski definition) is 1. The molecule has 1 aromatic carbocycles. The zero-order valence-electron chi connectivity index (χ0n) is 15.4. The van der Waals surface area contributed by atoms with E-state index < -0.39 is 11.9 Å². The zero-order valence-corrected chi connectivity index (χ0v) is 15.4. The van der Waals surface area contributed by atoms with Gasteiger partial charge in [0.15, 0.2) is 0 Å². The maximum absolute atomic E-state index is 13.1. The Hall–Kier alpha value is -2.30. The molecule has 4 atom stereocenters. The van der Waals surface area contributed by atoms with E-state index in [4.69, 9.17) is 0 Å². The minimum absolute atomic E-state index is 0.0303. The molecule has 1 amide bonds. The van der Waals surface area contributed by atoms with Crippen LogP contribution in [0.2, 0.25) is 0 Å². The molecule has 0 unspecified atom stereocenters. The molecule has 1 aromatic rings. The van der Waals surface area contributed by atoms with Crippen molar-refractivity contribution in [1.29, 1.82) is 0 Å². The Balaban J connectivity index is 1.45. The number of carbonyl (C=O) groups is 2. The SMILES string of the molecule is Cc1cccc(N2CCN(C(=O)[C@@H]3[C@@H](C(=O)O)[C@H]4C=C[C@@H]3C4)CC2)c1C. The van der Waals surface area contributed by atoms with Gasteiger partial charge in [-0.25, -0.2) is 0 Å². The van der Waals surface area contributed by atoms with Crippen LogP contribution in [-0.4, -0.2) is 48.1 Å². The number of allylic oxidation sites excluding steroid dienone is 2. The van der Waals surface area contributed by atoms with E-state index in [9.17, 15) is 14.7 Å². The van der Waals surface area contributed by atoms with E-state index in [-0.39, 0.29) is 23.7 Å². The Morgan fingerprint density at radius 2 is 1.65 bits per heavy atom. The van der Waals surface area contributed by atoms with E-state index in [1.165, 1.54) is 16.8 Å². The highest BCUT2D eigenvalue weighted by molar-refractivity contribution is 5.87. The Kier molecular flexibility index (Phi) is 4.25. The molecule has 2 aliphatic carbocycles. The second-order valence-electron chi connectivity index (χ2n) is 7.87. The molecule has 1 N–H and O–H groups in total. The Morgan fingerprint density at radius 3 is 2.31 bits per heavy atom. The predicted octanol–water partition coefficient (Wildman–Crippen LogP) is 2.47. The van der Waals surface area contributed by atoms with Crippen molar-refractivity contribution < 1.29 is 14.7 Å². The monoisotopic (exact) mass is 354 g/mol. The molecule has 4 rings (SSSR count). The molecule has 5 nitrogen and oxygen atoms in total. The number of nitrogens with zero attached hydrogens (tertiary/aromatic N) is 2. The third-order valence-electron chi connectivity index (χ3n) is 6.54. The van der Waals surface area contributed by atoms with Crippen molar-refractivity contribution in [2.24, 2.45) is 23.7 Å². The van der Waals surface area contributed by atoms with Crippen molar-refractivity contribution in [3.05, 3.63) is 41.5 Å². The Morgan fingerprint density at radius 1 is 1.00 bits per heavy atom. The topological polar surface area (TPSA) is 60.9 Å². The largest absolute Gasteiger partial charge is 0.481 e. The average Bonchev–Trinajstić information content (AvgIpc) is 3.25. The Labute approximate surface area is 154 Å². The van der Waals surface area contributed by atoms with Crippen LogP contribution in [0.15, 0.2) is 30.4 Å². The summed E-state index contributed by atoms with van der Waals surface area (Å²) in [4.78, 5) is 29.0. The number of aryl methyl sites for hydroxylation is 1. The van der Waals surface area contributed by atoms with Crippen molar-refractivity contribution in [3.63, 3.8) is 0 Å². The van der Waals surface area contributed by atoms with Crippen molar-refractivity contribution in [1.82, 2.24) is 4.90 Å². The molecule has 3 aliphatic rings. The van der Waals surface area contributed by atoms with Gasteiger partial charge in [-0.2, -0.15) is 0 Å². The first-order chi connectivity index (χ1) is 12.5. The van der Waals surface area contributed by atoms with Gasteiger partial charge >= 0.3 is 5.97 Å². The number of piperazine rings is 1. The highest BCUT2D eigenvalue weighted by Crippen LogP contribution is 2.48. The summed E-state index contributed by atoms with van der Waals surface area (Å²) < 4.78 is 0. The second kappa shape index (κ2) is 6.45. The number of carboxylic acid groups (broad SMARTS) is 1. The number of anilines is 1. The van der Waals surface area contributed by atoms with Crippen molar-refractivity contribution in [3.8, 4) is 0 Å². The lowest BCUT2D eigenvalue weighted by atomic mass is 9.82. The molecule has 1 aliphatic heterocycles. The molecule has 1 saturated heterocycles. The van der Waals surface area contributed by atoms with E-state index in [0.29, 0.717) is 13.1 Å². The van der Waals surface area contributed by atoms with Crippen LogP contribution < -0.4 is 4.90 Å². The van der Waals surface area contributed by atoms with Crippen LogP contribution >= 0.6 is 0 Å².